The number of carbonyl (C=O) groups is 1. The molecule has 5 nitrogen and oxygen atoms in total. The van der Waals surface area contributed by atoms with Crippen LogP contribution < -0.4 is 20.5 Å². The highest BCUT2D eigenvalue weighted by atomic mass is 32.1. The number of benzene rings is 1. The third-order valence-corrected chi connectivity index (χ3v) is 2.99. The molecule has 20 heavy (non-hydrogen) atoms. The molecule has 1 aromatic carbocycles. The number of thiocarbonyl (C=S) groups is 1. The number of carbonyl (C=O) groups excluding carboxylic acids is 1. The van der Waals surface area contributed by atoms with Crippen LogP contribution in [0.1, 0.15) is 29.6 Å². The van der Waals surface area contributed by atoms with E-state index in [4.69, 9.17) is 27.4 Å². The molecule has 1 aromatic rings. The van der Waals surface area contributed by atoms with Gasteiger partial charge in [0, 0.05) is 6.54 Å². The van der Waals surface area contributed by atoms with E-state index in [0.29, 0.717) is 35.0 Å². The number of hydrogen-bond acceptors (Lipinski definition) is 4. The molecule has 0 bridgehead atoms. The van der Waals surface area contributed by atoms with E-state index in [1.807, 2.05) is 0 Å². The molecule has 0 atom stereocenters. The van der Waals surface area contributed by atoms with Crippen LogP contribution in [0.15, 0.2) is 18.2 Å². The predicted molar refractivity (Wildman–Crippen MR) is 82.5 cm³/mol. The maximum Gasteiger partial charge on any atom is 0.258 e. The largest absolute Gasteiger partial charge is 0.496 e. The van der Waals surface area contributed by atoms with Gasteiger partial charge in [0.25, 0.3) is 5.91 Å². The zero-order chi connectivity index (χ0) is 15.0. The first kappa shape index (κ1) is 16.2. The Kier molecular flexibility index (Phi) is 6.79. The van der Waals surface area contributed by atoms with Gasteiger partial charge < -0.3 is 20.5 Å². The van der Waals surface area contributed by atoms with E-state index in [-0.39, 0.29) is 5.91 Å². The van der Waals surface area contributed by atoms with Gasteiger partial charge in [-0.2, -0.15) is 0 Å². The summed E-state index contributed by atoms with van der Waals surface area (Å²) in [6.07, 6.45) is 2.38. The van der Waals surface area contributed by atoms with Crippen LogP contribution in [0.5, 0.6) is 11.5 Å². The predicted octanol–water partition coefficient (Wildman–Crippen LogP) is 1.89. The molecule has 3 N–H and O–H groups in total. The standard InChI is InChI=1S/C14H20N2O3S/c1-18-10-6-5-7-11(19-2)13(10)14(17)16-9-4-3-8-12(15)20/h5-7H,3-4,8-9H2,1-2H3,(H2,15,20)(H,16,17). The minimum atomic E-state index is -0.213. The Bertz CT molecular complexity index is 455. The summed E-state index contributed by atoms with van der Waals surface area (Å²) in [4.78, 5) is 12.7. The smallest absolute Gasteiger partial charge is 0.258 e. The number of nitrogens with one attached hydrogen (secondary N) is 1. The Morgan fingerprint density at radius 3 is 2.35 bits per heavy atom. The summed E-state index contributed by atoms with van der Waals surface area (Å²) in [5.74, 6) is 0.768. The van der Waals surface area contributed by atoms with Gasteiger partial charge >= 0.3 is 0 Å². The van der Waals surface area contributed by atoms with Crippen molar-refractivity contribution in [2.45, 2.75) is 19.3 Å². The summed E-state index contributed by atoms with van der Waals surface area (Å²) in [5.41, 5.74) is 5.82. The Labute approximate surface area is 124 Å². The zero-order valence-electron chi connectivity index (χ0n) is 11.8. The molecular formula is C14H20N2O3S. The van der Waals surface area contributed by atoms with Gasteiger partial charge in [-0.25, -0.2) is 0 Å². The SMILES string of the molecule is COc1cccc(OC)c1C(=O)NCCCCC(N)=S. The monoisotopic (exact) mass is 296 g/mol. The summed E-state index contributed by atoms with van der Waals surface area (Å²) in [6, 6.07) is 5.23. The summed E-state index contributed by atoms with van der Waals surface area (Å²) in [5, 5.41) is 2.84. The normalized spacial score (nSPS) is 9.90. The Morgan fingerprint density at radius 1 is 1.25 bits per heavy atom. The molecule has 110 valence electrons. The third kappa shape index (κ3) is 4.70. The van der Waals surface area contributed by atoms with Crippen LogP contribution >= 0.6 is 12.2 Å². The van der Waals surface area contributed by atoms with Crippen LogP contribution in [0.3, 0.4) is 0 Å². The number of unbranched alkanes of at least 4 members (excludes halogenated alkanes) is 1. The molecule has 0 aromatic heterocycles. The fraction of sp³-hybridized carbons (Fsp3) is 0.429. The Hall–Kier alpha value is -1.82. The summed E-state index contributed by atoms with van der Waals surface area (Å²) in [7, 11) is 3.04. The van der Waals surface area contributed by atoms with Crippen molar-refractivity contribution in [2.75, 3.05) is 20.8 Å². The number of hydrogen-bond donors (Lipinski definition) is 2. The van der Waals surface area contributed by atoms with E-state index in [2.05, 4.69) is 5.32 Å². The van der Waals surface area contributed by atoms with Gasteiger partial charge in [-0.1, -0.05) is 18.3 Å². The molecular weight excluding hydrogens is 276 g/mol. The molecule has 0 radical (unpaired) electrons. The average Bonchev–Trinajstić information content (AvgIpc) is 2.45. The first-order chi connectivity index (χ1) is 9.60. The highest BCUT2D eigenvalue weighted by Crippen LogP contribution is 2.27. The second-order valence-corrected chi connectivity index (χ2v) is 4.74. The third-order valence-electron chi connectivity index (χ3n) is 2.79. The lowest BCUT2D eigenvalue weighted by molar-refractivity contribution is 0.0947. The molecule has 0 saturated carbocycles. The first-order valence-electron chi connectivity index (χ1n) is 6.37. The van der Waals surface area contributed by atoms with Crippen LogP contribution in [-0.2, 0) is 0 Å². The van der Waals surface area contributed by atoms with E-state index in [1.54, 1.807) is 18.2 Å². The van der Waals surface area contributed by atoms with Crippen LogP contribution in [0.2, 0.25) is 0 Å². The molecule has 0 heterocycles. The number of methoxy groups -OCH3 is 2. The van der Waals surface area contributed by atoms with Gasteiger partial charge in [-0.15, -0.1) is 0 Å². The van der Waals surface area contributed by atoms with Crippen LogP contribution in [0, 0.1) is 0 Å². The van der Waals surface area contributed by atoms with Gasteiger partial charge in [-0.3, -0.25) is 4.79 Å². The highest BCUT2D eigenvalue weighted by molar-refractivity contribution is 7.80. The fourth-order valence-electron chi connectivity index (χ4n) is 1.79. The first-order valence-corrected chi connectivity index (χ1v) is 6.78. The maximum absolute atomic E-state index is 12.2. The highest BCUT2D eigenvalue weighted by Gasteiger charge is 2.17. The molecule has 0 fully saturated rings. The molecule has 0 aliphatic heterocycles. The van der Waals surface area contributed by atoms with Gasteiger partial charge in [0.05, 0.1) is 19.2 Å². The molecule has 0 saturated heterocycles. The van der Waals surface area contributed by atoms with Gasteiger partial charge in [-0.05, 0) is 31.4 Å². The lowest BCUT2D eigenvalue weighted by atomic mass is 10.1. The lowest BCUT2D eigenvalue weighted by Gasteiger charge is -2.12. The number of rotatable bonds is 8. The van der Waals surface area contributed by atoms with Crippen molar-refractivity contribution in [2.24, 2.45) is 5.73 Å². The summed E-state index contributed by atoms with van der Waals surface area (Å²) in [6.45, 7) is 0.558. The van der Waals surface area contributed by atoms with E-state index in [9.17, 15) is 4.79 Å². The van der Waals surface area contributed by atoms with Gasteiger partial charge in [0.2, 0.25) is 0 Å². The van der Waals surface area contributed by atoms with Crippen LogP contribution in [0.25, 0.3) is 0 Å². The zero-order valence-corrected chi connectivity index (χ0v) is 12.6. The van der Waals surface area contributed by atoms with Crippen molar-refractivity contribution >= 4 is 23.1 Å². The number of ether oxygens (including phenoxy) is 2. The van der Waals surface area contributed by atoms with E-state index in [1.165, 1.54) is 14.2 Å². The topological polar surface area (TPSA) is 73.6 Å². The molecule has 1 rings (SSSR count). The molecule has 0 aliphatic rings. The molecule has 1 amide bonds. The molecule has 0 unspecified atom stereocenters. The van der Waals surface area contributed by atoms with Gasteiger partial charge in [0.1, 0.15) is 17.1 Å². The molecule has 6 heteroatoms. The van der Waals surface area contributed by atoms with E-state index < -0.39 is 0 Å². The second-order valence-electron chi connectivity index (χ2n) is 4.22. The molecule has 0 spiro atoms. The minimum Gasteiger partial charge on any atom is -0.496 e. The lowest BCUT2D eigenvalue weighted by Crippen LogP contribution is -2.25. The quantitative estimate of drug-likeness (QED) is 0.566. The molecule has 0 aliphatic carbocycles. The Morgan fingerprint density at radius 2 is 1.85 bits per heavy atom. The minimum absolute atomic E-state index is 0.213. The van der Waals surface area contributed by atoms with E-state index in [0.717, 1.165) is 12.8 Å². The summed E-state index contributed by atoms with van der Waals surface area (Å²) < 4.78 is 10.4. The van der Waals surface area contributed by atoms with E-state index >= 15 is 0 Å². The Balaban J connectivity index is 2.61. The van der Waals surface area contributed by atoms with Crippen molar-refractivity contribution in [3.63, 3.8) is 0 Å². The fourth-order valence-corrected chi connectivity index (χ4v) is 1.93. The summed E-state index contributed by atoms with van der Waals surface area (Å²) >= 11 is 4.80. The van der Waals surface area contributed by atoms with Gasteiger partial charge in [0.15, 0.2) is 0 Å². The van der Waals surface area contributed by atoms with Crippen LogP contribution in [0.4, 0.5) is 0 Å². The van der Waals surface area contributed by atoms with Crippen LogP contribution in [-0.4, -0.2) is 31.7 Å². The van der Waals surface area contributed by atoms with Crippen molar-refractivity contribution < 1.29 is 14.3 Å². The van der Waals surface area contributed by atoms with Crippen molar-refractivity contribution in [1.29, 1.82) is 0 Å². The second kappa shape index (κ2) is 8.37. The number of amides is 1. The average molecular weight is 296 g/mol. The maximum atomic E-state index is 12.2. The van der Waals surface area contributed by atoms with Crippen molar-refractivity contribution in [3.8, 4) is 11.5 Å². The van der Waals surface area contributed by atoms with Crippen molar-refractivity contribution in [3.05, 3.63) is 23.8 Å². The van der Waals surface area contributed by atoms with Crippen molar-refractivity contribution in [1.82, 2.24) is 5.32 Å². The number of nitrogens with two attached hydrogens (primary N) is 1.